The van der Waals surface area contributed by atoms with Gasteiger partial charge in [-0.2, -0.15) is 0 Å². The molecule has 11 heavy (non-hydrogen) atoms. The maximum atomic E-state index is 11.5. The van der Waals surface area contributed by atoms with Gasteiger partial charge in [-0.1, -0.05) is 0 Å². The van der Waals surface area contributed by atoms with Gasteiger partial charge >= 0.3 is 0 Å². The molecule has 0 amide bonds. The molecule has 0 bridgehead atoms. The fourth-order valence-electron chi connectivity index (χ4n) is 2.50. The molecule has 2 fully saturated rings. The Bertz CT molecular complexity index is 190. The molecule has 62 valence electrons. The first-order valence-corrected chi connectivity index (χ1v) is 4.45. The molecule has 2 nitrogen and oxygen atoms in total. The lowest BCUT2D eigenvalue weighted by Crippen LogP contribution is -2.28. The summed E-state index contributed by atoms with van der Waals surface area (Å²) in [5.74, 6) is 0.529. The first-order chi connectivity index (χ1) is 5.23. The number of ketones is 1. The van der Waals surface area contributed by atoms with Crippen LogP contribution in [0.1, 0.15) is 25.7 Å². The van der Waals surface area contributed by atoms with Gasteiger partial charge in [0.1, 0.15) is 5.78 Å². The Balaban J connectivity index is 2.16. The molecule has 1 heterocycles. The van der Waals surface area contributed by atoms with Gasteiger partial charge < -0.3 is 4.90 Å². The van der Waals surface area contributed by atoms with Crippen LogP contribution in [0.5, 0.6) is 0 Å². The molecule has 1 aliphatic carbocycles. The zero-order valence-corrected chi connectivity index (χ0v) is 7.10. The van der Waals surface area contributed by atoms with Crippen molar-refractivity contribution in [1.29, 1.82) is 0 Å². The van der Waals surface area contributed by atoms with Gasteiger partial charge in [-0.05, 0) is 32.9 Å². The third-order valence-corrected chi connectivity index (χ3v) is 3.20. The highest BCUT2D eigenvalue weighted by molar-refractivity contribution is 5.87. The lowest BCUT2D eigenvalue weighted by molar-refractivity contribution is -0.125. The van der Waals surface area contributed by atoms with Gasteiger partial charge in [0.15, 0.2) is 0 Å². The van der Waals surface area contributed by atoms with Crippen LogP contribution in [0, 0.1) is 5.41 Å². The average molecular weight is 153 g/mol. The van der Waals surface area contributed by atoms with Crippen molar-refractivity contribution in [3.63, 3.8) is 0 Å². The molecule has 0 unspecified atom stereocenters. The average Bonchev–Trinajstić information content (AvgIpc) is 2.46. The number of carbonyl (C=O) groups is 1. The molecule has 2 heteroatoms. The first kappa shape index (κ1) is 7.29. The number of likely N-dealkylation sites (tertiary alicyclic amines) is 1. The minimum atomic E-state index is 0.106. The van der Waals surface area contributed by atoms with Gasteiger partial charge in [0.05, 0.1) is 0 Å². The molecule has 0 aromatic heterocycles. The van der Waals surface area contributed by atoms with E-state index >= 15 is 0 Å². The number of rotatable bonds is 0. The summed E-state index contributed by atoms with van der Waals surface area (Å²) in [5, 5.41) is 0. The van der Waals surface area contributed by atoms with Crippen LogP contribution in [0.4, 0.5) is 0 Å². The Kier molecular flexibility index (Phi) is 1.53. The van der Waals surface area contributed by atoms with Crippen molar-refractivity contribution in [2.45, 2.75) is 25.7 Å². The van der Waals surface area contributed by atoms with Gasteiger partial charge in [-0.25, -0.2) is 0 Å². The molecular weight excluding hydrogens is 138 g/mol. The van der Waals surface area contributed by atoms with Crippen LogP contribution in [0.2, 0.25) is 0 Å². The molecule has 0 radical (unpaired) electrons. The van der Waals surface area contributed by atoms with E-state index in [1.54, 1.807) is 0 Å². The van der Waals surface area contributed by atoms with Crippen LogP contribution in [0.15, 0.2) is 0 Å². The monoisotopic (exact) mass is 153 g/mol. The summed E-state index contributed by atoms with van der Waals surface area (Å²) in [5.41, 5.74) is 0.106. The maximum absolute atomic E-state index is 11.5. The largest absolute Gasteiger partial charge is 0.305 e. The van der Waals surface area contributed by atoms with Gasteiger partial charge in [-0.3, -0.25) is 4.79 Å². The summed E-state index contributed by atoms with van der Waals surface area (Å²) in [6.45, 7) is 2.14. The lowest BCUT2D eigenvalue weighted by atomic mass is 9.85. The summed E-state index contributed by atoms with van der Waals surface area (Å²) in [4.78, 5) is 13.8. The van der Waals surface area contributed by atoms with Crippen LogP contribution >= 0.6 is 0 Å². The molecule has 0 aromatic carbocycles. The third-order valence-electron chi connectivity index (χ3n) is 3.20. The zero-order valence-electron chi connectivity index (χ0n) is 7.10. The van der Waals surface area contributed by atoms with Crippen LogP contribution in [0.25, 0.3) is 0 Å². The Morgan fingerprint density at radius 1 is 1.45 bits per heavy atom. The van der Waals surface area contributed by atoms with Crippen molar-refractivity contribution in [1.82, 2.24) is 4.90 Å². The standard InChI is InChI=1S/C9H15NO/c1-10-6-5-9(7-10)4-2-3-8(9)11/h2-7H2,1H3/t9-/m0/s1. The Labute approximate surface area is 67.6 Å². The zero-order chi connectivity index (χ0) is 7.90. The molecule has 0 N–H and O–H groups in total. The van der Waals surface area contributed by atoms with E-state index in [2.05, 4.69) is 11.9 Å². The second-order valence-electron chi connectivity index (χ2n) is 4.04. The molecule has 1 atom stereocenters. The van der Waals surface area contributed by atoms with Crippen LogP contribution < -0.4 is 0 Å². The van der Waals surface area contributed by atoms with Gasteiger partial charge in [0, 0.05) is 18.4 Å². The summed E-state index contributed by atoms with van der Waals surface area (Å²) in [7, 11) is 2.11. The number of hydrogen-bond donors (Lipinski definition) is 0. The molecular formula is C9H15NO. The second kappa shape index (κ2) is 2.31. The first-order valence-electron chi connectivity index (χ1n) is 4.45. The predicted molar refractivity (Wildman–Crippen MR) is 43.4 cm³/mol. The van der Waals surface area contributed by atoms with Crippen molar-refractivity contribution >= 4 is 5.78 Å². The molecule has 2 rings (SSSR count). The van der Waals surface area contributed by atoms with Crippen LogP contribution in [0.3, 0.4) is 0 Å². The summed E-state index contributed by atoms with van der Waals surface area (Å²) < 4.78 is 0. The molecule has 0 aromatic rings. The van der Waals surface area contributed by atoms with E-state index in [0.717, 1.165) is 38.8 Å². The van der Waals surface area contributed by atoms with E-state index in [4.69, 9.17) is 0 Å². The predicted octanol–water partition coefficient (Wildman–Crippen LogP) is 1.06. The number of Topliss-reactive ketones (excluding diaryl/α,β-unsaturated/α-hetero) is 1. The minimum Gasteiger partial charge on any atom is -0.305 e. The highest BCUT2D eigenvalue weighted by Crippen LogP contribution is 2.41. The summed E-state index contributed by atoms with van der Waals surface area (Å²) in [6, 6.07) is 0. The molecule has 1 saturated carbocycles. The summed E-state index contributed by atoms with van der Waals surface area (Å²) in [6.07, 6.45) is 4.24. The van der Waals surface area contributed by atoms with E-state index in [1.807, 2.05) is 0 Å². The highest BCUT2D eigenvalue weighted by atomic mass is 16.1. The topological polar surface area (TPSA) is 20.3 Å². The third kappa shape index (κ3) is 1.00. The SMILES string of the molecule is CN1CC[C@@]2(CCCC2=O)C1. The Morgan fingerprint density at radius 2 is 2.27 bits per heavy atom. The fourth-order valence-corrected chi connectivity index (χ4v) is 2.50. The van der Waals surface area contributed by atoms with Gasteiger partial charge in [0.25, 0.3) is 0 Å². The number of nitrogens with zero attached hydrogens (tertiary/aromatic N) is 1. The van der Waals surface area contributed by atoms with E-state index in [0.29, 0.717) is 5.78 Å². The van der Waals surface area contributed by atoms with E-state index < -0.39 is 0 Å². The molecule has 2 aliphatic rings. The van der Waals surface area contributed by atoms with Gasteiger partial charge in [-0.15, -0.1) is 0 Å². The van der Waals surface area contributed by atoms with Crippen molar-refractivity contribution in [3.8, 4) is 0 Å². The minimum absolute atomic E-state index is 0.106. The second-order valence-corrected chi connectivity index (χ2v) is 4.04. The van der Waals surface area contributed by atoms with Crippen molar-refractivity contribution in [2.75, 3.05) is 20.1 Å². The molecule has 1 saturated heterocycles. The fraction of sp³-hybridized carbons (Fsp3) is 0.889. The van der Waals surface area contributed by atoms with Crippen molar-refractivity contribution in [2.24, 2.45) is 5.41 Å². The van der Waals surface area contributed by atoms with Crippen molar-refractivity contribution in [3.05, 3.63) is 0 Å². The van der Waals surface area contributed by atoms with E-state index in [9.17, 15) is 4.79 Å². The molecule has 1 aliphatic heterocycles. The molecule has 1 spiro atoms. The maximum Gasteiger partial charge on any atom is 0.140 e. The van der Waals surface area contributed by atoms with Crippen LogP contribution in [-0.4, -0.2) is 30.8 Å². The number of hydrogen-bond acceptors (Lipinski definition) is 2. The van der Waals surface area contributed by atoms with Crippen molar-refractivity contribution < 1.29 is 4.79 Å². The van der Waals surface area contributed by atoms with Crippen LogP contribution in [-0.2, 0) is 4.79 Å². The van der Waals surface area contributed by atoms with E-state index in [1.165, 1.54) is 0 Å². The highest BCUT2D eigenvalue weighted by Gasteiger charge is 2.45. The Hall–Kier alpha value is -0.370. The Morgan fingerprint density at radius 3 is 2.73 bits per heavy atom. The number of carbonyl (C=O) groups excluding carboxylic acids is 1. The normalized spacial score (nSPS) is 39.2. The lowest BCUT2D eigenvalue weighted by Gasteiger charge is -2.19. The quantitative estimate of drug-likeness (QED) is 0.518. The summed E-state index contributed by atoms with van der Waals surface area (Å²) >= 11 is 0. The smallest absolute Gasteiger partial charge is 0.140 e. The van der Waals surface area contributed by atoms with Gasteiger partial charge in [0.2, 0.25) is 0 Å². The van der Waals surface area contributed by atoms with E-state index in [-0.39, 0.29) is 5.41 Å².